The van der Waals surface area contributed by atoms with Crippen LogP contribution in [0, 0.1) is 0 Å². The van der Waals surface area contributed by atoms with Crippen LogP contribution in [-0.4, -0.2) is 0 Å². The van der Waals surface area contributed by atoms with Crippen molar-refractivity contribution in [3.05, 3.63) is 28.5 Å². The fourth-order valence-electron chi connectivity index (χ4n) is 0.440. The zero-order valence-corrected chi connectivity index (χ0v) is 9.43. The SMILES string of the molecule is F[P-](F)(F)(F)(F)F.F[n+]1c(Cl)cccc1Cl. The Kier molecular flexibility index (Phi) is 3.77. The summed E-state index contributed by atoms with van der Waals surface area (Å²) in [5, 5.41) is -0.0509. The molecule has 0 aromatic carbocycles. The molecule has 11 heteroatoms. The quantitative estimate of drug-likeness (QED) is 0.343. The Balaban J connectivity index is 0.000000293. The van der Waals surface area contributed by atoms with E-state index in [1.54, 1.807) is 6.07 Å². The van der Waals surface area contributed by atoms with Crippen molar-refractivity contribution in [2.45, 2.75) is 0 Å². The standard InChI is InChI=1S/C5H3Cl2FN.F6P/c6-4-2-1-3-5(7)9(4)8;1-7(2,3,4,5)6/h1-3H;/q+1;-1. The van der Waals surface area contributed by atoms with Gasteiger partial charge < -0.3 is 0 Å². The summed E-state index contributed by atoms with van der Waals surface area (Å²) in [5.74, 6) is 0. The molecule has 0 radical (unpaired) electrons. The van der Waals surface area contributed by atoms with Gasteiger partial charge in [-0.3, -0.25) is 0 Å². The fourth-order valence-corrected chi connectivity index (χ4v) is 0.811. The van der Waals surface area contributed by atoms with Gasteiger partial charge in [-0.2, -0.15) is 0 Å². The molecule has 0 saturated heterocycles. The van der Waals surface area contributed by atoms with Crippen molar-refractivity contribution >= 4 is 31.0 Å². The predicted octanol–water partition coefficient (Wildman–Crippen LogP) is 5.40. The van der Waals surface area contributed by atoms with E-state index in [1.807, 2.05) is 0 Å². The number of aromatic nitrogens is 1. The van der Waals surface area contributed by atoms with Crippen LogP contribution in [-0.2, 0) is 0 Å². The Hall–Kier alpha value is -0.330. The van der Waals surface area contributed by atoms with E-state index in [-0.39, 0.29) is 15.1 Å². The normalized spacial score (nSPS) is 15.6. The van der Waals surface area contributed by atoms with Crippen LogP contribution in [0.2, 0.25) is 10.3 Å². The summed E-state index contributed by atoms with van der Waals surface area (Å²) in [6.45, 7) is 0. The number of hydrogen-bond acceptors (Lipinski definition) is 0. The molecule has 1 heterocycles. The maximum atomic E-state index is 12.4. The molecule has 0 aliphatic heterocycles. The maximum Gasteiger partial charge on any atom is 0.323 e. The summed E-state index contributed by atoms with van der Waals surface area (Å²) >= 11 is 10.6. The van der Waals surface area contributed by atoms with Gasteiger partial charge >= 0.3 is 43.3 Å². The summed E-state index contributed by atoms with van der Waals surface area (Å²) in [6.07, 6.45) is 0. The van der Waals surface area contributed by atoms with E-state index in [4.69, 9.17) is 23.2 Å². The molecule has 96 valence electrons. The molecule has 0 aliphatic rings. The molecule has 0 bridgehead atoms. The fraction of sp³-hybridized carbons (Fsp3) is 0. The zero-order chi connectivity index (χ0) is 13.3. The van der Waals surface area contributed by atoms with E-state index < -0.39 is 7.81 Å². The molecule has 16 heavy (non-hydrogen) atoms. The third-order valence-electron chi connectivity index (χ3n) is 0.843. The summed E-state index contributed by atoms with van der Waals surface area (Å²) in [4.78, 5) is 0.198. The number of halogens is 9. The largest absolute Gasteiger partial charge is 0.323 e. The summed E-state index contributed by atoms with van der Waals surface area (Å²) in [7, 11) is -10.7. The monoisotopic (exact) mass is 311 g/mol. The van der Waals surface area contributed by atoms with E-state index in [0.29, 0.717) is 0 Å². The van der Waals surface area contributed by atoms with Gasteiger partial charge in [0.2, 0.25) is 0 Å². The van der Waals surface area contributed by atoms with Crippen molar-refractivity contribution < 1.29 is 34.5 Å². The van der Waals surface area contributed by atoms with Gasteiger partial charge in [-0.05, 0) is 29.3 Å². The minimum Gasteiger partial charge on any atom is -0.0467 e. The molecule has 1 aromatic heterocycles. The summed E-state index contributed by atoms with van der Waals surface area (Å²) < 4.78 is 71.6. The van der Waals surface area contributed by atoms with Gasteiger partial charge in [0.1, 0.15) is 0 Å². The predicted molar refractivity (Wildman–Crippen MR) is 46.7 cm³/mol. The summed E-state index contributed by atoms with van der Waals surface area (Å²) in [6, 6.07) is 4.39. The molecule has 0 aliphatic carbocycles. The van der Waals surface area contributed by atoms with Gasteiger partial charge in [-0.25, -0.2) is 0 Å². The minimum absolute atomic E-state index is 0.0255. The van der Waals surface area contributed by atoms with Crippen molar-refractivity contribution in [3.63, 3.8) is 0 Å². The first-order chi connectivity index (χ1) is 6.66. The Morgan fingerprint density at radius 3 is 1.31 bits per heavy atom. The molecule has 1 rings (SSSR count). The Labute approximate surface area is 94.6 Å². The van der Waals surface area contributed by atoms with Crippen molar-refractivity contribution in [2.24, 2.45) is 0 Å². The van der Waals surface area contributed by atoms with Crippen LogP contribution in [0.3, 0.4) is 0 Å². The number of hydrogen-bond donors (Lipinski definition) is 0. The second kappa shape index (κ2) is 3.85. The molecule has 1 nitrogen and oxygen atoms in total. The van der Waals surface area contributed by atoms with Gasteiger partial charge in [-0.1, -0.05) is 0 Å². The molecule has 0 unspecified atom stereocenters. The topological polar surface area (TPSA) is 3.88 Å². The van der Waals surface area contributed by atoms with Crippen LogP contribution >= 0.6 is 31.0 Å². The van der Waals surface area contributed by atoms with Gasteiger partial charge in [-0.15, -0.1) is 0 Å². The third kappa shape index (κ3) is 11.7. The molecule has 0 spiro atoms. The van der Waals surface area contributed by atoms with Crippen molar-refractivity contribution in [1.82, 2.24) is 0 Å². The first kappa shape index (κ1) is 15.7. The first-order valence-corrected chi connectivity index (χ1v) is 6.04. The van der Waals surface area contributed by atoms with Crippen molar-refractivity contribution in [1.29, 1.82) is 0 Å². The van der Waals surface area contributed by atoms with Gasteiger partial charge in [0, 0.05) is 12.1 Å². The Bertz CT molecular complexity index is 356. The molecule has 1 aromatic rings. The van der Waals surface area contributed by atoms with Crippen LogP contribution in [0.25, 0.3) is 0 Å². The molecule has 0 amide bonds. The molecule has 0 fully saturated rings. The van der Waals surface area contributed by atoms with Gasteiger partial charge in [0.15, 0.2) is 0 Å². The van der Waals surface area contributed by atoms with Crippen LogP contribution in [0.15, 0.2) is 18.2 Å². The van der Waals surface area contributed by atoms with E-state index in [2.05, 4.69) is 0 Å². The average Bonchev–Trinajstić information content (AvgIpc) is 1.94. The summed E-state index contributed by atoms with van der Waals surface area (Å²) in [5.41, 5.74) is 0. The third-order valence-corrected chi connectivity index (χ3v) is 1.39. The minimum atomic E-state index is -10.7. The van der Waals surface area contributed by atoms with Crippen LogP contribution in [0.1, 0.15) is 0 Å². The van der Waals surface area contributed by atoms with Crippen LogP contribution in [0.4, 0.5) is 29.7 Å². The maximum absolute atomic E-state index is 12.4. The molecule has 0 atom stereocenters. The van der Waals surface area contributed by atoms with Crippen LogP contribution in [0.5, 0.6) is 0 Å². The number of nitrogens with zero attached hydrogens (tertiary/aromatic N) is 1. The van der Waals surface area contributed by atoms with E-state index in [1.165, 1.54) is 12.1 Å². The number of rotatable bonds is 0. The smallest absolute Gasteiger partial charge is 0.0467 e. The van der Waals surface area contributed by atoms with Crippen molar-refractivity contribution in [3.8, 4) is 0 Å². The first-order valence-electron chi connectivity index (χ1n) is 3.25. The molecule has 0 saturated carbocycles. The Morgan fingerprint density at radius 1 is 0.875 bits per heavy atom. The average molecular weight is 312 g/mol. The molecular formula is C5H3Cl2F7NP. The second-order valence-corrected chi connectivity index (χ2v) is 5.10. The van der Waals surface area contributed by atoms with E-state index in [9.17, 15) is 29.7 Å². The van der Waals surface area contributed by atoms with Gasteiger partial charge in [0.25, 0.3) is 0 Å². The van der Waals surface area contributed by atoms with Crippen LogP contribution < -0.4 is 4.79 Å². The van der Waals surface area contributed by atoms with E-state index in [0.717, 1.165) is 0 Å². The molecular weight excluding hydrogens is 309 g/mol. The van der Waals surface area contributed by atoms with E-state index >= 15 is 0 Å². The second-order valence-electron chi connectivity index (χ2n) is 2.41. The zero-order valence-electron chi connectivity index (χ0n) is 7.03. The van der Waals surface area contributed by atoms with Crippen molar-refractivity contribution in [2.75, 3.05) is 0 Å². The number of pyridine rings is 1. The molecule has 0 N–H and O–H groups in total. The Morgan fingerprint density at radius 2 is 1.12 bits per heavy atom. The van der Waals surface area contributed by atoms with Gasteiger partial charge in [0.05, 0.1) is 9.27 Å².